The van der Waals surface area contributed by atoms with Crippen LogP contribution in [0, 0.1) is 12.8 Å². The molecular formula is C19H21BrN4O2. The van der Waals surface area contributed by atoms with Crippen LogP contribution in [0.2, 0.25) is 0 Å². The van der Waals surface area contributed by atoms with E-state index in [9.17, 15) is 9.59 Å². The highest BCUT2D eigenvalue weighted by Gasteiger charge is 2.35. The van der Waals surface area contributed by atoms with Gasteiger partial charge in [-0.15, -0.1) is 0 Å². The van der Waals surface area contributed by atoms with Crippen molar-refractivity contribution in [2.45, 2.75) is 19.8 Å². The zero-order chi connectivity index (χ0) is 18.3. The molecule has 2 aliphatic rings. The monoisotopic (exact) mass is 416 g/mol. The smallest absolute Gasteiger partial charge is 0.257 e. The van der Waals surface area contributed by atoms with Gasteiger partial charge in [-0.2, -0.15) is 5.10 Å². The van der Waals surface area contributed by atoms with Crippen molar-refractivity contribution < 1.29 is 9.59 Å². The van der Waals surface area contributed by atoms with E-state index in [-0.39, 0.29) is 17.7 Å². The van der Waals surface area contributed by atoms with E-state index < -0.39 is 0 Å². The molecule has 2 fully saturated rings. The number of hydrogen-bond acceptors (Lipinski definition) is 3. The molecule has 1 aliphatic heterocycles. The summed E-state index contributed by atoms with van der Waals surface area (Å²) >= 11 is 3.43. The molecule has 4 rings (SSSR count). The predicted octanol–water partition coefficient (Wildman–Crippen LogP) is 2.64. The molecule has 1 saturated carbocycles. The first-order chi connectivity index (χ1) is 12.5. The Morgan fingerprint density at radius 1 is 1.04 bits per heavy atom. The largest absolute Gasteiger partial charge is 0.339 e. The van der Waals surface area contributed by atoms with Crippen LogP contribution in [0.3, 0.4) is 0 Å². The summed E-state index contributed by atoms with van der Waals surface area (Å²) in [4.78, 5) is 28.8. The van der Waals surface area contributed by atoms with Crippen molar-refractivity contribution >= 4 is 27.7 Å². The highest BCUT2D eigenvalue weighted by molar-refractivity contribution is 9.10. The minimum absolute atomic E-state index is 0.00983. The number of hydrogen-bond donors (Lipinski definition) is 0. The Morgan fingerprint density at radius 3 is 2.27 bits per heavy atom. The number of aromatic nitrogens is 2. The molecule has 2 aromatic rings. The second kappa shape index (κ2) is 6.87. The van der Waals surface area contributed by atoms with Crippen molar-refractivity contribution in [3.63, 3.8) is 0 Å². The Labute approximate surface area is 160 Å². The van der Waals surface area contributed by atoms with Crippen LogP contribution < -0.4 is 0 Å². The van der Waals surface area contributed by atoms with Crippen LogP contribution in [0.15, 0.2) is 34.9 Å². The zero-order valence-electron chi connectivity index (χ0n) is 14.7. The van der Waals surface area contributed by atoms with Crippen LogP contribution in [-0.4, -0.2) is 57.6 Å². The third kappa shape index (κ3) is 3.28. The average Bonchev–Trinajstić information content (AvgIpc) is 3.44. The fraction of sp³-hybridized carbons (Fsp3) is 0.421. The van der Waals surface area contributed by atoms with Gasteiger partial charge in [-0.05, 0) is 44.0 Å². The van der Waals surface area contributed by atoms with Gasteiger partial charge in [0.05, 0.1) is 23.1 Å². The lowest BCUT2D eigenvalue weighted by molar-refractivity contribution is -0.134. The molecule has 1 aromatic carbocycles. The number of benzene rings is 1. The van der Waals surface area contributed by atoms with Gasteiger partial charge in [0.15, 0.2) is 0 Å². The highest BCUT2D eigenvalue weighted by atomic mass is 79.9. The van der Waals surface area contributed by atoms with Crippen LogP contribution in [0.25, 0.3) is 5.69 Å². The average molecular weight is 417 g/mol. The summed E-state index contributed by atoms with van der Waals surface area (Å²) in [5.41, 5.74) is 2.37. The Balaban J connectivity index is 1.45. The summed E-state index contributed by atoms with van der Waals surface area (Å²) in [7, 11) is 0. The molecule has 0 spiro atoms. The van der Waals surface area contributed by atoms with E-state index in [1.54, 1.807) is 10.9 Å². The maximum atomic E-state index is 12.9. The molecule has 0 atom stereocenters. The standard InChI is InChI=1S/C19H21BrN4O2/c1-13-17(12-21-24(13)16-6-4-15(20)5-7-16)19(26)23-10-8-22(9-11-23)18(25)14-2-3-14/h4-7,12,14H,2-3,8-11H2,1H3. The first-order valence-electron chi connectivity index (χ1n) is 8.93. The molecule has 0 radical (unpaired) electrons. The lowest BCUT2D eigenvalue weighted by atomic mass is 10.2. The second-order valence-electron chi connectivity index (χ2n) is 6.92. The summed E-state index contributed by atoms with van der Waals surface area (Å²) in [6, 6.07) is 7.82. The molecule has 1 saturated heterocycles. The van der Waals surface area contributed by atoms with Crippen LogP contribution >= 0.6 is 15.9 Å². The zero-order valence-corrected chi connectivity index (χ0v) is 16.3. The Morgan fingerprint density at radius 2 is 1.65 bits per heavy atom. The number of piperazine rings is 1. The molecule has 0 bridgehead atoms. The maximum absolute atomic E-state index is 12.9. The minimum Gasteiger partial charge on any atom is -0.339 e. The summed E-state index contributed by atoms with van der Waals surface area (Å²) < 4.78 is 2.79. The van der Waals surface area contributed by atoms with E-state index in [2.05, 4.69) is 21.0 Å². The van der Waals surface area contributed by atoms with Gasteiger partial charge in [-0.3, -0.25) is 9.59 Å². The van der Waals surface area contributed by atoms with Gasteiger partial charge >= 0.3 is 0 Å². The van der Waals surface area contributed by atoms with Gasteiger partial charge < -0.3 is 9.80 Å². The Kier molecular flexibility index (Phi) is 4.56. The Hall–Kier alpha value is -2.15. The number of nitrogens with zero attached hydrogens (tertiary/aromatic N) is 4. The molecule has 0 unspecified atom stereocenters. The molecule has 0 N–H and O–H groups in total. The van der Waals surface area contributed by atoms with Crippen LogP contribution in [0.1, 0.15) is 28.9 Å². The number of rotatable bonds is 3. The SMILES string of the molecule is Cc1c(C(=O)N2CCN(C(=O)C3CC3)CC2)cnn1-c1ccc(Br)cc1. The van der Waals surface area contributed by atoms with E-state index in [0.29, 0.717) is 31.7 Å². The molecule has 2 amide bonds. The van der Waals surface area contributed by atoms with Crippen molar-refractivity contribution in [2.75, 3.05) is 26.2 Å². The highest BCUT2D eigenvalue weighted by Crippen LogP contribution is 2.31. The first kappa shape index (κ1) is 17.3. The Bertz CT molecular complexity index is 834. The number of carbonyl (C=O) groups is 2. The van der Waals surface area contributed by atoms with Gasteiger partial charge in [-0.1, -0.05) is 15.9 Å². The van der Waals surface area contributed by atoms with Crippen molar-refractivity contribution in [3.8, 4) is 5.69 Å². The number of halogens is 1. The summed E-state index contributed by atoms with van der Waals surface area (Å²) in [5.74, 6) is 0.490. The second-order valence-corrected chi connectivity index (χ2v) is 7.84. The molecule has 26 heavy (non-hydrogen) atoms. The number of carbonyl (C=O) groups excluding carboxylic acids is 2. The minimum atomic E-state index is -0.00983. The van der Waals surface area contributed by atoms with Gasteiger partial charge in [0.2, 0.25) is 5.91 Å². The molecule has 1 aromatic heterocycles. The lowest BCUT2D eigenvalue weighted by Gasteiger charge is -2.34. The molecule has 6 nitrogen and oxygen atoms in total. The van der Waals surface area contributed by atoms with Crippen molar-refractivity contribution in [1.29, 1.82) is 0 Å². The van der Waals surface area contributed by atoms with Crippen LogP contribution in [-0.2, 0) is 4.79 Å². The van der Waals surface area contributed by atoms with Crippen molar-refractivity contribution in [1.82, 2.24) is 19.6 Å². The van der Waals surface area contributed by atoms with Gasteiger partial charge in [-0.25, -0.2) is 4.68 Å². The topological polar surface area (TPSA) is 58.4 Å². The lowest BCUT2D eigenvalue weighted by Crippen LogP contribution is -2.51. The molecule has 2 heterocycles. The predicted molar refractivity (Wildman–Crippen MR) is 101 cm³/mol. The summed E-state index contributed by atoms with van der Waals surface area (Å²) in [5, 5.41) is 4.40. The van der Waals surface area contributed by atoms with E-state index in [4.69, 9.17) is 0 Å². The van der Waals surface area contributed by atoms with E-state index in [1.807, 2.05) is 41.0 Å². The maximum Gasteiger partial charge on any atom is 0.257 e. The van der Waals surface area contributed by atoms with Gasteiger partial charge in [0.1, 0.15) is 0 Å². The third-order valence-corrected chi connectivity index (χ3v) is 5.65. The summed E-state index contributed by atoms with van der Waals surface area (Å²) in [6.45, 7) is 4.33. The summed E-state index contributed by atoms with van der Waals surface area (Å²) in [6.07, 6.45) is 3.68. The van der Waals surface area contributed by atoms with E-state index in [1.165, 1.54) is 0 Å². The van der Waals surface area contributed by atoms with E-state index >= 15 is 0 Å². The molecule has 136 valence electrons. The third-order valence-electron chi connectivity index (χ3n) is 5.12. The normalized spacial score (nSPS) is 17.5. The molecular weight excluding hydrogens is 396 g/mol. The van der Waals surface area contributed by atoms with Crippen molar-refractivity contribution in [2.24, 2.45) is 5.92 Å². The van der Waals surface area contributed by atoms with Crippen LogP contribution in [0.5, 0.6) is 0 Å². The first-order valence-corrected chi connectivity index (χ1v) is 9.72. The van der Waals surface area contributed by atoms with Crippen LogP contribution in [0.4, 0.5) is 0 Å². The number of amides is 2. The molecule has 7 heteroatoms. The van der Waals surface area contributed by atoms with Crippen molar-refractivity contribution in [3.05, 3.63) is 46.2 Å². The van der Waals surface area contributed by atoms with E-state index in [0.717, 1.165) is 28.7 Å². The fourth-order valence-corrected chi connectivity index (χ4v) is 3.62. The van der Waals surface area contributed by atoms with Gasteiger partial charge in [0.25, 0.3) is 5.91 Å². The quantitative estimate of drug-likeness (QED) is 0.772. The fourth-order valence-electron chi connectivity index (χ4n) is 3.35. The van der Waals surface area contributed by atoms with Gasteiger partial charge in [0, 0.05) is 36.6 Å². The molecule has 1 aliphatic carbocycles.